The van der Waals surface area contributed by atoms with Crippen LogP contribution in [-0.2, 0) is 19.1 Å². The van der Waals surface area contributed by atoms with Crippen LogP contribution in [0.25, 0.3) is 0 Å². The topological polar surface area (TPSA) is 52.6 Å². The Morgan fingerprint density at radius 3 is 1.75 bits per heavy atom. The average Bonchev–Trinajstić information content (AvgIpc) is 2.70. The highest BCUT2D eigenvalue weighted by Gasteiger charge is 2.03. The third-order valence-corrected chi connectivity index (χ3v) is 4.12. The Bertz CT molecular complexity index is 463. The van der Waals surface area contributed by atoms with Crippen LogP contribution in [0.3, 0.4) is 0 Å². The van der Waals surface area contributed by atoms with Crippen molar-refractivity contribution in [2.75, 3.05) is 13.2 Å². The molecule has 0 fully saturated rings. The number of carbonyl (C=O) groups is 2. The van der Waals surface area contributed by atoms with E-state index in [-0.39, 0.29) is 11.9 Å². The molecule has 0 aliphatic carbocycles. The van der Waals surface area contributed by atoms with Crippen molar-refractivity contribution < 1.29 is 19.1 Å². The Labute approximate surface area is 172 Å². The number of allylic oxidation sites excluding steroid dienone is 6. The van der Waals surface area contributed by atoms with Crippen LogP contribution in [0, 0.1) is 0 Å². The minimum Gasteiger partial charge on any atom is -0.466 e. The van der Waals surface area contributed by atoms with Gasteiger partial charge in [-0.1, -0.05) is 63.1 Å². The van der Waals surface area contributed by atoms with Crippen LogP contribution in [0.1, 0.15) is 90.9 Å². The predicted molar refractivity (Wildman–Crippen MR) is 116 cm³/mol. The van der Waals surface area contributed by atoms with Gasteiger partial charge in [0.05, 0.1) is 13.2 Å². The first-order valence-electron chi connectivity index (χ1n) is 11.0. The SMILES string of the molecule is CCCCC/C=C\C/C=C\C/C=C\CCCCC(=O)OCCCOC(=O)CC. The fourth-order valence-electron chi connectivity index (χ4n) is 2.43. The zero-order valence-corrected chi connectivity index (χ0v) is 18.0. The Hall–Kier alpha value is -1.84. The van der Waals surface area contributed by atoms with Crippen molar-refractivity contribution in [2.45, 2.75) is 90.9 Å². The molecule has 0 spiro atoms. The van der Waals surface area contributed by atoms with Gasteiger partial charge in [-0.25, -0.2) is 0 Å². The number of rotatable bonds is 18. The summed E-state index contributed by atoms with van der Waals surface area (Å²) in [5, 5.41) is 0. The second-order valence-corrected chi connectivity index (χ2v) is 6.78. The molecule has 0 heterocycles. The minimum absolute atomic E-state index is 0.170. The van der Waals surface area contributed by atoms with Crippen molar-refractivity contribution >= 4 is 11.9 Å². The number of unbranched alkanes of at least 4 members (excludes halogenated alkanes) is 5. The Kier molecular flexibility index (Phi) is 20.0. The number of hydrogen-bond donors (Lipinski definition) is 0. The first kappa shape index (κ1) is 26.2. The number of esters is 2. The minimum atomic E-state index is -0.218. The summed E-state index contributed by atoms with van der Waals surface area (Å²) in [5.41, 5.74) is 0. The van der Waals surface area contributed by atoms with Gasteiger partial charge in [0.1, 0.15) is 0 Å². The molecule has 0 saturated carbocycles. The van der Waals surface area contributed by atoms with Gasteiger partial charge in [-0.3, -0.25) is 9.59 Å². The third-order valence-electron chi connectivity index (χ3n) is 4.12. The highest BCUT2D eigenvalue weighted by Crippen LogP contribution is 2.04. The summed E-state index contributed by atoms with van der Waals surface area (Å²) in [6.45, 7) is 4.61. The second-order valence-electron chi connectivity index (χ2n) is 6.78. The largest absolute Gasteiger partial charge is 0.466 e. The molecule has 0 N–H and O–H groups in total. The lowest BCUT2D eigenvalue weighted by Crippen LogP contribution is -2.10. The van der Waals surface area contributed by atoms with Gasteiger partial charge in [0, 0.05) is 19.3 Å². The maximum atomic E-state index is 11.6. The van der Waals surface area contributed by atoms with E-state index in [1.54, 1.807) is 6.92 Å². The predicted octanol–water partition coefficient (Wildman–Crippen LogP) is 6.46. The smallest absolute Gasteiger partial charge is 0.305 e. The monoisotopic (exact) mass is 392 g/mol. The van der Waals surface area contributed by atoms with E-state index in [0.29, 0.717) is 32.5 Å². The van der Waals surface area contributed by atoms with E-state index in [2.05, 4.69) is 43.4 Å². The van der Waals surface area contributed by atoms with Crippen LogP contribution in [0.2, 0.25) is 0 Å². The number of ether oxygens (including phenoxy) is 2. The van der Waals surface area contributed by atoms with Gasteiger partial charge in [-0.2, -0.15) is 0 Å². The lowest BCUT2D eigenvalue weighted by atomic mass is 10.1. The van der Waals surface area contributed by atoms with Gasteiger partial charge in [0.2, 0.25) is 0 Å². The molecule has 28 heavy (non-hydrogen) atoms. The fourth-order valence-corrected chi connectivity index (χ4v) is 2.43. The van der Waals surface area contributed by atoms with Crippen molar-refractivity contribution in [1.82, 2.24) is 0 Å². The molecule has 0 aliphatic heterocycles. The van der Waals surface area contributed by atoms with Crippen LogP contribution < -0.4 is 0 Å². The first-order valence-corrected chi connectivity index (χ1v) is 11.0. The molecule has 0 rings (SSSR count). The highest BCUT2D eigenvalue weighted by atomic mass is 16.5. The molecule has 0 bridgehead atoms. The van der Waals surface area contributed by atoms with Gasteiger partial charge in [0.15, 0.2) is 0 Å². The molecule has 4 nitrogen and oxygen atoms in total. The molecule has 0 aromatic rings. The quantitative estimate of drug-likeness (QED) is 0.152. The molecule has 0 amide bonds. The maximum absolute atomic E-state index is 11.6. The van der Waals surface area contributed by atoms with Crippen molar-refractivity contribution in [3.63, 3.8) is 0 Å². The van der Waals surface area contributed by atoms with E-state index >= 15 is 0 Å². The molecule has 0 aliphatic rings. The average molecular weight is 393 g/mol. The summed E-state index contributed by atoms with van der Waals surface area (Å²) < 4.78 is 10.0. The molecule has 0 atom stereocenters. The van der Waals surface area contributed by atoms with E-state index in [9.17, 15) is 9.59 Å². The summed E-state index contributed by atoms with van der Waals surface area (Å²) in [6, 6.07) is 0. The van der Waals surface area contributed by atoms with Crippen molar-refractivity contribution in [1.29, 1.82) is 0 Å². The summed E-state index contributed by atoms with van der Waals surface area (Å²) in [7, 11) is 0. The Morgan fingerprint density at radius 1 is 0.643 bits per heavy atom. The van der Waals surface area contributed by atoms with Gasteiger partial charge in [-0.15, -0.1) is 0 Å². The lowest BCUT2D eigenvalue weighted by molar-refractivity contribution is -0.146. The summed E-state index contributed by atoms with van der Waals surface area (Å²) in [6.07, 6.45) is 24.6. The summed E-state index contributed by atoms with van der Waals surface area (Å²) in [4.78, 5) is 22.5. The molecule has 0 aromatic carbocycles. The Balaban J connectivity index is 3.41. The molecular weight excluding hydrogens is 352 g/mol. The van der Waals surface area contributed by atoms with E-state index < -0.39 is 0 Å². The lowest BCUT2D eigenvalue weighted by Gasteiger charge is -2.05. The molecule has 0 saturated heterocycles. The van der Waals surface area contributed by atoms with Crippen LogP contribution >= 0.6 is 0 Å². The van der Waals surface area contributed by atoms with E-state index in [4.69, 9.17) is 9.47 Å². The first-order chi connectivity index (χ1) is 13.7. The maximum Gasteiger partial charge on any atom is 0.305 e. The molecule has 0 unspecified atom stereocenters. The molecule has 160 valence electrons. The standard InChI is InChI=1S/C24H40O4/c1-3-5-6-7-8-9-10-11-12-13-14-15-16-17-18-20-24(26)28-22-19-21-27-23(25)4-2/h8-9,11-12,14-15H,3-7,10,13,16-22H2,1-2H3/b9-8-,12-11-,15-14-. The van der Waals surface area contributed by atoms with Gasteiger partial charge < -0.3 is 9.47 Å². The summed E-state index contributed by atoms with van der Waals surface area (Å²) in [5.74, 6) is -0.388. The highest BCUT2D eigenvalue weighted by molar-refractivity contribution is 5.69. The number of carbonyl (C=O) groups excluding carboxylic acids is 2. The molecule has 0 radical (unpaired) electrons. The van der Waals surface area contributed by atoms with Crippen LogP contribution in [0.4, 0.5) is 0 Å². The van der Waals surface area contributed by atoms with Crippen LogP contribution in [-0.4, -0.2) is 25.2 Å². The Morgan fingerprint density at radius 2 is 1.18 bits per heavy atom. The van der Waals surface area contributed by atoms with Crippen molar-refractivity contribution in [3.8, 4) is 0 Å². The second kappa shape index (κ2) is 21.5. The van der Waals surface area contributed by atoms with Crippen LogP contribution in [0.5, 0.6) is 0 Å². The fraction of sp³-hybridized carbons (Fsp3) is 0.667. The zero-order valence-electron chi connectivity index (χ0n) is 18.0. The van der Waals surface area contributed by atoms with E-state index in [0.717, 1.165) is 32.1 Å². The van der Waals surface area contributed by atoms with E-state index in [1.807, 2.05) is 0 Å². The van der Waals surface area contributed by atoms with E-state index in [1.165, 1.54) is 25.7 Å². The number of hydrogen-bond acceptors (Lipinski definition) is 4. The van der Waals surface area contributed by atoms with Crippen molar-refractivity contribution in [3.05, 3.63) is 36.5 Å². The molecular formula is C24H40O4. The van der Waals surface area contributed by atoms with Crippen molar-refractivity contribution in [2.24, 2.45) is 0 Å². The molecule has 0 aromatic heterocycles. The molecule has 4 heteroatoms. The summed E-state index contributed by atoms with van der Waals surface area (Å²) >= 11 is 0. The van der Waals surface area contributed by atoms with Gasteiger partial charge in [0.25, 0.3) is 0 Å². The zero-order chi connectivity index (χ0) is 20.7. The van der Waals surface area contributed by atoms with Gasteiger partial charge >= 0.3 is 11.9 Å². The third kappa shape index (κ3) is 20.5. The normalized spacial score (nSPS) is 11.6. The van der Waals surface area contributed by atoms with Gasteiger partial charge in [-0.05, 0) is 44.9 Å². The van der Waals surface area contributed by atoms with Crippen LogP contribution in [0.15, 0.2) is 36.5 Å².